The molecule has 0 saturated heterocycles. The van der Waals surface area contributed by atoms with Gasteiger partial charge in [-0.15, -0.1) is 0 Å². The summed E-state index contributed by atoms with van der Waals surface area (Å²) >= 11 is 0. The van der Waals surface area contributed by atoms with Crippen LogP contribution in [0.4, 0.5) is 5.69 Å². The van der Waals surface area contributed by atoms with E-state index in [2.05, 4.69) is 11.8 Å². The van der Waals surface area contributed by atoms with Crippen molar-refractivity contribution in [2.24, 2.45) is 0 Å². The molecule has 0 bridgehead atoms. The average molecular weight is 207 g/mol. The van der Waals surface area contributed by atoms with E-state index in [0.29, 0.717) is 5.56 Å². The summed E-state index contributed by atoms with van der Waals surface area (Å²) < 4.78 is 0. The van der Waals surface area contributed by atoms with Crippen LogP contribution in [0.5, 0.6) is 0 Å². The molecule has 0 fully saturated rings. The first-order chi connectivity index (χ1) is 7.15. The van der Waals surface area contributed by atoms with Crippen LogP contribution in [0.1, 0.15) is 30.1 Å². The number of nitrogens with zero attached hydrogens (tertiary/aromatic N) is 1. The van der Waals surface area contributed by atoms with Crippen LogP contribution in [-0.2, 0) is 0 Å². The lowest BCUT2D eigenvalue weighted by Gasteiger charge is -2.18. The molecular formula is C12H17NO2. The zero-order chi connectivity index (χ0) is 11.3. The van der Waals surface area contributed by atoms with Crippen molar-refractivity contribution in [3.05, 3.63) is 29.8 Å². The summed E-state index contributed by atoms with van der Waals surface area (Å²) in [6.45, 7) is 3.16. The molecule has 3 nitrogen and oxygen atoms in total. The number of rotatable bonds is 5. The van der Waals surface area contributed by atoms with Crippen molar-refractivity contribution in [2.45, 2.75) is 19.8 Å². The van der Waals surface area contributed by atoms with Crippen molar-refractivity contribution >= 4 is 11.7 Å². The summed E-state index contributed by atoms with van der Waals surface area (Å²) in [5.74, 6) is -0.877. The van der Waals surface area contributed by atoms with Gasteiger partial charge in [-0.05, 0) is 30.7 Å². The summed E-state index contributed by atoms with van der Waals surface area (Å²) in [5, 5.41) is 8.74. The Hall–Kier alpha value is -1.51. The second kappa shape index (κ2) is 5.39. The van der Waals surface area contributed by atoms with E-state index in [9.17, 15) is 4.79 Å². The summed E-state index contributed by atoms with van der Waals surface area (Å²) in [5.41, 5.74) is 1.40. The minimum Gasteiger partial charge on any atom is -0.478 e. The molecule has 0 saturated carbocycles. The number of hydrogen-bond acceptors (Lipinski definition) is 2. The van der Waals surface area contributed by atoms with Crippen LogP contribution in [0.2, 0.25) is 0 Å². The highest BCUT2D eigenvalue weighted by atomic mass is 16.4. The van der Waals surface area contributed by atoms with Gasteiger partial charge in [0.05, 0.1) is 5.56 Å². The van der Waals surface area contributed by atoms with Crippen LogP contribution in [0.25, 0.3) is 0 Å². The minimum atomic E-state index is -0.877. The largest absolute Gasteiger partial charge is 0.478 e. The molecule has 0 unspecified atom stereocenters. The fourth-order valence-electron chi connectivity index (χ4n) is 1.38. The van der Waals surface area contributed by atoms with E-state index in [-0.39, 0.29) is 0 Å². The first-order valence-corrected chi connectivity index (χ1v) is 5.19. The second-order valence-corrected chi connectivity index (χ2v) is 3.63. The maximum atomic E-state index is 10.6. The number of benzene rings is 1. The third-order valence-electron chi connectivity index (χ3n) is 2.40. The van der Waals surface area contributed by atoms with Gasteiger partial charge < -0.3 is 10.0 Å². The fourth-order valence-corrected chi connectivity index (χ4v) is 1.38. The summed E-state index contributed by atoms with van der Waals surface area (Å²) in [6.07, 6.45) is 2.31. The molecule has 15 heavy (non-hydrogen) atoms. The lowest BCUT2D eigenvalue weighted by molar-refractivity contribution is 0.0697. The summed E-state index contributed by atoms with van der Waals surface area (Å²) in [7, 11) is 2.02. The van der Waals surface area contributed by atoms with Crippen LogP contribution in [0.15, 0.2) is 24.3 Å². The standard InChI is InChI=1S/C12H17NO2/c1-3-4-9-13(2)11-7-5-10(6-8-11)12(14)15/h5-8H,3-4,9H2,1-2H3,(H,14,15). The van der Waals surface area contributed by atoms with Gasteiger partial charge in [0.25, 0.3) is 0 Å². The predicted octanol–water partition coefficient (Wildman–Crippen LogP) is 2.62. The monoisotopic (exact) mass is 207 g/mol. The van der Waals surface area contributed by atoms with Crippen LogP contribution in [-0.4, -0.2) is 24.7 Å². The van der Waals surface area contributed by atoms with Crippen LogP contribution < -0.4 is 4.90 Å². The fraction of sp³-hybridized carbons (Fsp3) is 0.417. The zero-order valence-electron chi connectivity index (χ0n) is 9.23. The van der Waals surface area contributed by atoms with Gasteiger partial charge in [0.1, 0.15) is 0 Å². The second-order valence-electron chi connectivity index (χ2n) is 3.63. The Morgan fingerprint density at radius 2 is 1.93 bits per heavy atom. The van der Waals surface area contributed by atoms with Gasteiger partial charge in [0, 0.05) is 19.3 Å². The maximum absolute atomic E-state index is 10.6. The van der Waals surface area contributed by atoms with Gasteiger partial charge in [-0.3, -0.25) is 0 Å². The van der Waals surface area contributed by atoms with Crippen LogP contribution in [0, 0.1) is 0 Å². The first-order valence-electron chi connectivity index (χ1n) is 5.19. The van der Waals surface area contributed by atoms with E-state index in [4.69, 9.17) is 5.11 Å². The highest BCUT2D eigenvalue weighted by molar-refractivity contribution is 5.88. The Kier molecular flexibility index (Phi) is 4.16. The van der Waals surface area contributed by atoms with E-state index in [1.54, 1.807) is 12.1 Å². The quantitative estimate of drug-likeness (QED) is 0.806. The molecule has 1 aromatic carbocycles. The topological polar surface area (TPSA) is 40.5 Å². The molecule has 1 aromatic rings. The van der Waals surface area contributed by atoms with Gasteiger partial charge in [0.2, 0.25) is 0 Å². The Balaban J connectivity index is 2.66. The number of carboxylic acid groups (broad SMARTS) is 1. The average Bonchev–Trinajstić information content (AvgIpc) is 2.26. The number of anilines is 1. The number of hydrogen-bond donors (Lipinski definition) is 1. The lowest BCUT2D eigenvalue weighted by Crippen LogP contribution is -2.18. The molecule has 0 aromatic heterocycles. The van der Waals surface area contributed by atoms with Gasteiger partial charge in [-0.1, -0.05) is 13.3 Å². The highest BCUT2D eigenvalue weighted by Crippen LogP contribution is 2.14. The zero-order valence-corrected chi connectivity index (χ0v) is 9.23. The van der Waals surface area contributed by atoms with Crippen molar-refractivity contribution in [3.8, 4) is 0 Å². The van der Waals surface area contributed by atoms with Crippen molar-refractivity contribution in [2.75, 3.05) is 18.5 Å². The summed E-state index contributed by atoms with van der Waals surface area (Å²) in [4.78, 5) is 12.8. The molecule has 82 valence electrons. The van der Waals surface area contributed by atoms with Crippen molar-refractivity contribution < 1.29 is 9.90 Å². The predicted molar refractivity (Wildman–Crippen MR) is 61.6 cm³/mol. The SMILES string of the molecule is CCCCN(C)c1ccc(C(=O)O)cc1. The number of carbonyl (C=O) groups is 1. The molecule has 0 spiro atoms. The first kappa shape index (κ1) is 11.6. The van der Waals surface area contributed by atoms with Gasteiger partial charge in [-0.25, -0.2) is 4.79 Å². The molecule has 0 heterocycles. The van der Waals surface area contributed by atoms with E-state index < -0.39 is 5.97 Å². The molecule has 1 rings (SSSR count). The molecule has 1 N–H and O–H groups in total. The highest BCUT2D eigenvalue weighted by Gasteiger charge is 2.03. The normalized spacial score (nSPS) is 10.0. The smallest absolute Gasteiger partial charge is 0.335 e. The molecule has 0 aliphatic carbocycles. The maximum Gasteiger partial charge on any atom is 0.335 e. The third-order valence-corrected chi connectivity index (χ3v) is 2.40. The van der Waals surface area contributed by atoms with E-state index in [1.807, 2.05) is 19.2 Å². The minimum absolute atomic E-state index is 0.336. The van der Waals surface area contributed by atoms with Gasteiger partial charge in [-0.2, -0.15) is 0 Å². The van der Waals surface area contributed by atoms with Gasteiger partial charge in [0.15, 0.2) is 0 Å². The number of aromatic carboxylic acids is 1. The molecular weight excluding hydrogens is 190 g/mol. The van der Waals surface area contributed by atoms with Crippen molar-refractivity contribution in [3.63, 3.8) is 0 Å². The Morgan fingerprint density at radius 1 is 1.33 bits per heavy atom. The molecule has 0 radical (unpaired) electrons. The van der Waals surface area contributed by atoms with Crippen molar-refractivity contribution in [1.82, 2.24) is 0 Å². The molecule has 0 aliphatic heterocycles. The Bertz CT molecular complexity index is 319. The molecule has 0 atom stereocenters. The molecule has 0 aliphatic rings. The van der Waals surface area contributed by atoms with Crippen LogP contribution in [0.3, 0.4) is 0 Å². The van der Waals surface area contributed by atoms with Crippen LogP contribution >= 0.6 is 0 Å². The third kappa shape index (κ3) is 3.27. The summed E-state index contributed by atoms with van der Waals surface area (Å²) in [6, 6.07) is 6.97. The van der Waals surface area contributed by atoms with E-state index >= 15 is 0 Å². The van der Waals surface area contributed by atoms with E-state index in [1.165, 1.54) is 0 Å². The Morgan fingerprint density at radius 3 is 2.40 bits per heavy atom. The molecule has 3 heteroatoms. The Labute approximate surface area is 90.3 Å². The van der Waals surface area contributed by atoms with E-state index in [0.717, 1.165) is 25.1 Å². The number of unbranched alkanes of at least 4 members (excludes halogenated alkanes) is 1. The molecule has 0 amide bonds. The van der Waals surface area contributed by atoms with Gasteiger partial charge >= 0.3 is 5.97 Å². The lowest BCUT2D eigenvalue weighted by atomic mass is 10.2. The van der Waals surface area contributed by atoms with Crippen molar-refractivity contribution in [1.29, 1.82) is 0 Å². The number of carboxylic acids is 1.